The molecule has 0 atom stereocenters. The number of methoxy groups -OCH3 is 1. The van der Waals surface area contributed by atoms with Gasteiger partial charge in [0, 0.05) is 36.5 Å². The predicted octanol–water partition coefficient (Wildman–Crippen LogP) is 4.75. The van der Waals surface area contributed by atoms with Gasteiger partial charge in [-0.3, -0.25) is 4.40 Å². The van der Waals surface area contributed by atoms with Crippen molar-refractivity contribution in [2.75, 3.05) is 36.0 Å². The smallest absolute Gasteiger partial charge is 0.208 e. The maximum atomic E-state index is 15.7. The van der Waals surface area contributed by atoms with Gasteiger partial charge in [-0.25, -0.2) is 14.4 Å². The Kier molecular flexibility index (Phi) is 7.42. The van der Waals surface area contributed by atoms with Crippen LogP contribution in [0.25, 0.3) is 16.8 Å². The van der Waals surface area contributed by atoms with Crippen LogP contribution < -0.4 is 15.8 Å². The molecule has 0 spiro atoms. The van der Waals surface area contributed by atoms with Crippen molar-refractivity contribution in [3.8, 4) is 11.3 Å². The Hall–Kier alpha value is -3.05. The number of nitrogens with two attached hydrogens (primary N) is 1. The third-order valence-corrected chi connectivity index (χ3v) is 6.55. The Morgan fingerprint density at radius 2 is 2.15 bits per heavy atom. The van der Waals surface area contributed by atoms with Crippen molar-refractivity contribution >= 4 is 46.5 Å². The van der Waals surface area contributed by atoms with Gasteiger partial charge in [0.05, 0.1) is 23.9 Å². The largest absolute Gasteiger partial charge is 0.392 e. The topological polar surface area (TPSA) is 110 Å². The number of benzene rings is 2. The number of halogens is 2. The van der Waals surface area contributed by atoms with Crippen LogP contribution in [-0.2, 0) is 11.3 Å². The fourth-order valence-electron chi connectivity index (χ4n) is 3.54. The van der Waals surface area contributed by atoms with Gasteiger partial charge in [-0.2, -0.15) is 0 Å². The Morgan fingerprint density at radius 3 is 2.91 bits per heavy atom. The summed E-state index contributed by atoms with van der Waals surface area (Å²) in [6.45, 7) is 2.73. The van der Waals surface area contributed by atoms with Crippen molar-refractivity contribution in [1.82, 2.24) is 14.4 Å². The quantitative estimate of drug-likeness (QED) is 0.192. The van der Waals surface area contributed by atoms with Gasteiger partial charge in [0.1, 0.15) is 17.0 Å². The van der Waals surface area contributed by atoms with E-state index in [4.69, 9.17) is 22.1 Å². The van der Waals surface area contributed by atoms with E-state index in [1.54, 1.807) is 42.1 Å². The zero-order valence-electron chi connectivity index (χ0n) is 18.6. The van der Waals surface area contributed by atoms with Crippen LogP contribution in [0.1, 0.15) is 11.1 Å². The molecule has 11 heteroatoms. The van der Waals surface area contributed by atoms with E-state index >= 15 is 4.39 Å². The summed E-state index contributed by atoms with van der Waals surface area (Å²) >= 11 is 7.55. The fraction of sp³-hybridized carbons (Fsp3) is 0.217. The molecule has 8 nitrogen and oxygen atoms in total. The summed E-state index contributed by atoms with van der Waals surface area (Å²) in [5, 5.41) is 13.1. The summed E-state index contributed by atoms with van der Waals surface area (Å²) in [6.07, 6.45) is 3.28. The number of aliphatic hydroxyl groups excluding tert-OH is 1. The second kappa shape index (κ2) is 10.5. The zero-order chi connectivity index (χ0) is 24.2. The van der Waals surface area contributed by atoms with Crippen LogP contribution in [0, 0.1) is 12.7 Å². The number of hydrogen-bond donors (Lipinski definition) is 4. The number of nitrogens with one attached hydrogen (secondary N) is 2. The Balaban J connectivity index is 1.70. The number of aliphatic hydroxyl groups is 1. The van der Waals surface area contributed by atoms with Gasteiger partial charge >= 0.3 is 0 Å². The maximum Gasteiger partial charge on any atom is 0.208 e. The molecule has 2 aromatic heterocycles. The van der Waals surface area contributed by atoms with Crippen LogP contribution in [0.15, 0.2) is 47.6 Å². The Morgan fingerprint density at radius 1 is 1.32 bits per heavy atom. The van der Waals surface area contributed by atoms with Crippen molar-refractivity contribution in [1.29, 1.82) is 0 Å². The van der Waals surface area contributed by atoms with Gasteiger partial charge in [-0.05, 0) is 48.2 Å². The van der Waals surface area contributed by atoms with Gasteiger partial charge in [0.15, 0.2) is 5.82 Å². The predicted molar refractivity (Wildman–Crippen MR) is 135 cm³/mol. The molecule has 178 valence electrons. The molecule has 4 rings (SSSR count). The van der Waals surface area contributed by atoms with Crippen LogP contribution >= 0.6 is 23.5 Å². The molecule has 0 fully saturated rings. The first-order chi connectivity index (χ1) is 16.4. The van der Waals surface area contributed by atoms with E-state index < -0.39 is 5.82 Å². The number of nitrogens with zero attached hydrogens (tertiary/aromatic N) is 3. The fourth-order valence-corrected chi connectivity index (χ4v) is 4.67. The number of imidazole rings is 1. The highest BCUT2D eigenvalue weighted by Gasteiger charge is 2.20. The Bertz CT molecular complexity index is 1330. The van der Waals surface area contributed by atoms with Crippen LogP contribution in [0.5, 0.6) is 0 Å². The number of nitrogen functional groups attached to an aromatic ring is 1. The molecule has 0 aliphatic heterocycles. The molecule has 2 aromatic carbocycles. The molecular formula is C23H24ClFN6O2S. The van der Waals surface area contributed by atoms with E-state index in [2.05, 4.69) is 20.0 Å². The molecule has 0 radical (unpaired) electrons. The van der Waals surface area contributed by atoms with Gasteiger partial charge < -0.3 is 25.6 Å². The van der Waals surface area contributed by atoms with Crippen LogP contribution in [-0.4, -0.2) is 39.7 Å². The normalized spacial score (nSPS) is 11.2. The first-order valence-corrected chi connectivity index (χ1v) is 11.6. The second-order valence-electron chi connectivity index (χ2n) is 7.50. The number of aryl methyl sites for hydroxylation is 1. The van der Waals surface area contributed by atoms with E-state index in [1.165, 1.54) is 11.9 Å². The van der Waals surface area contributed by atoms with E-state index in [0.717, 1.165) is 5.56 Å². The summed E-state index contributed by atoms with van der Waals surface area (Å²) in [6, 6.07) is 8.68. The summed E-state index contributed by atoms with van der Waals surface area (Å²) in [4.78, 5) is 9.45. The molecule has 34 heavy (non-hydrogen) atoms. The minimum atomic E-state index is -0.493. The molecular weight excluding hydrogens is 479 g/mol. The number of aromatic nitrogens is 3. The monoisotopic (exact) mass is 502 g/mol. The molecule has 0 aliphatic rings. The third-order valence-electron chi connectivity index (χ3n) is 5.13. The molecule has 0 unspecified atom stereocenters. The number of ether oxygens (including phenoxy) is 1. The van der Waals surface area contributed by atoms with Crippen LogP contribution in [0.4, 0.5) is 21.8 Å². The number of fused-ring (bicyclic) bond motifs is 1. The maximum absolute atomic E-state index is 15.7. The summed E-state index contributed by atoms with van der Waals surface area (Å²) in [5.74, 6) is 0.249. The molecule has 0 bridgehead atoms. The second-order valence-corrected chi connectivity index (χ2v) is 8.73. The third kappa shape index (κ3) is 4.76. The SMILES string of the molecule is COCCNc1nc(-c2cccc(NSc3cc(C)cc(CO)c3Cl)c2F)c2c(N)nccn12. The number of hydrogen-bond acceptors (Lipinski definition) is 8. The average molecular weight is 503 g/mol. The molecule has 0 aliphatic carbocycles. The lowest BCUT2D eigenvalue weighted by Crippen LogP contribution is -2.10. The lowest BCUT2D eigenvalue weighted by Gasteiger charge is -2.12. The first kappa shape index (κ1) is 24.1. The lowest BCUT2D eigenvalue weighted by molar-refractivity contribution is 0.210. The number of rotatable bonds is 9. The van der Waals surface area contributed by atoms with Crippen molar-refractivity contribution in [3.63, 3.8) is 0 Å². The molecule has 2 heterocycles. The van der Waals surface area contributed by atoms with E-state index in [1.807, 2.05) is 19.1 Å². The average Bonchev–Trinajstić information content (AvgIpc) is 3.20. The summed E-state index contributed by atoms with van der Waals surface area (Å²) in [7, 11) is 1.61. The highest BCUT2D eigenvalue weighted by molar-refractivity contribution is 8.00. The van der Waals surface area contributed by atoms with Crippen LogP contribution in [0.2, 0.25) is 5.02 Å². The summed E-state index contributed by atoms with van der Waals surface area (Å²) in [5.41, 5.74) is 9.09. The van der Waals surface area contributed by atoms with Crippen molar-refractivity contribution < 1.29 is 14.2 Å². The van der Waals surface area contributed by atoms with Gasteiger partial charge in [0.25, 0.3) is 0 Å². The number of anilines is 3. The van der Waals surface area contributed by atoms with Crippen LogP contribution in [0.3, 0.4) is 0 Å². The minimum absolute atomic E-state index is 0.179. The standard InChI is InChI=1S/C23H24ClFN6O2S/c1-13-10-14(12-32)18(24)17(11-13)34-30-16-5-3-4-15(19(16)25)20-21-22(26)27-6-8-31(21)23(29-20)28-7-9-33-2/h3-6,8,10-11,30,32H,7,9,12H2,1-2H3,(H2,26,27)(H,28,29). The zero-order valence-corrected chi connectivity index (χ0v) is 20.2. The minimum Gasteiger partial charge on any atom is -0.392 e. The van der Waals surface area contributed by atoms with Crippen molar-refractivity contribution in [3.05, 3.63) is 64.7 Å². The molecule has 0 amide bonds. The first-order valence-electron chi connectivity index (χ1n) is 10.4. The molecule has 0 saturated heterocycles. The van der Waals surface area contributed by atoms with Gasteiger partial charge in [-0.15, -0.1) is 0 Å². The molecule has 4 aromatic rings. The van der Waals surface area contributed by atoms with E-state index in [0.29, 0.717) is 45.8 Å². The highest BCUT2D eigenvalue weighted by atomic mass is 35.5. The van der Waals surface area contributed by atoms with Crippen molar-refractivity contribution in [2.45, 2.75) is 18.4 Å². The van der Waals surface area contributed by atoms with Gasteiger partial charge in [0.2, 0.25) is 5.95 Å². The van der Waals surface area contributed by atoms with Gasteiger partial charge in [-0.1, -0.05) is 23.7 Å². The molecule has 0 saturated carbocycles. The summed E-state index contributed by atoms with van der Waals surface area (Å²) < 4.78 is 25.5. The molecule has 5 N–H and O–H groups in total. The van der Waals surface area contributed by atoms with Crippen molar-refractivity contribution in [2.24, 2.45) is 0 Å². The Labute approximate surface area is 205 Å². The van der Waals surface area contributed by atoms with E-state index in [-0.39, 0.29) is 23.7 Å². The lowest BCUT2D eigenvalue weighted by atomic mass is 10.1. The van der Waals surface area contributed by atoms with E-state index in [9.17, 15) is 5.11 Å². The highest BCUT2D eigenvalue weighted by Crippen LogP contribution is 2.37.